The number of hydrogen-bond donors (Lipinski definition) is 1. The number of esters is 1. The number of ether oxygens (including phenoxy) is 1. The highest BCUT2D eigenvalue weighted by atomic mass is 16.5. The Morgan fingerprint density at radius 1 is 0.722 bits per heavy atom. The molecule has 0 aliphatic carbocycles. The Kier molecular flexibility index (Phi) is 27.1. The molecule has 0 aliphatic rings. The molecule has 1 atom stereocenters. The first-order valence-corrected chi connectivity index (χ1v) is 14.2. The topological polar surface area (TPSA) is 46.5 Å². The van der Waals surface area contributed by atoms with Crippen molar-refractivity contribution in [3.05, 3.63) is 60.8 Å². The molecule has 0 heterocycles. The van der Waals surface area contributed by atoms with Crippen molar-refractivity contribution >= 4 is 5.97 Å². The standard InChI is InChI=1S/C33H52O3/c1-3-4-5-6-7-20-23-26-29-32(34)30-27-24-21-18-16-14-12-10-8-9-11-13-15-17-19-22-25-28-31-33(35)36-2/h4-5,12,14,18,20-21,23,27,30,32,34H,3,6-11,13,15-17,19,22,24-25,28,31H2,1-2H3/b5-4-,14-12-,21-18-,23-20+,30-27-/t32-/m1/s1. The lowest BCUT2D eigenvalue weighted by molar-refractivity contribution is -0.140. The summed E-state index contributed by atoms with van der Waals surface area (Å²) in [6, 6.07) is 0. The summed E-state index contributed by atoms with van der Waals surface area (Å²) >= 11 is 0. The van der Waals surface area contributed by atoms with E-state index in [-0.39, 0.29) is 5.97 Å². The second-order valence-electron chi connectivity index (χ2n) is 9.09. The third-order valence-corrected chi connectivity index (χ3v) is 5.76. The van der Waals surface area contributed by atoms with Crippen molar-refractivity contribution < 1.29 is 14.6 Å². The fourth-order valence-corrected chi connectivity index (χ4v) is 3.62. The zero-order valence-corrected chi connectivity index (χ0v) is 23.1. The average Bonchev–Trinajstić information content (AvgIpc) is 2.88. The van der Waals surface area contributed by atoms with Crippen molar-refractivity contribution in [3.8, 4) is 11.8 Å². The molecular formula is C33H52O3. The van der Waals surface area contributed by atoms with E-state index in [1.54, 1.807) is 6.08 Å². The Morgan fingerprint density at radius 2 is 1.28 bits per heavy atom. The quantitative estimate of drug-likeness (QED) is 0.0704. The molecule has 0 unspecified atom stereocenters. The molecule has 0 bridgehead atoms. The molecule has 0 saturated heterocycles. The van der Waals surface area contributed by atoms with Gasteiger partial charge in [-0.05, 0) is 63.5 Å². The maximum absolute atomic E-state index is 11.0. The summed E-state index contributed by atoms with van der Waals surface area (Å²) in [6.07, 6.45) is 39.3. The van der Waals surface area contributed by atoms with Crippen LogP contribution in [-0.2, 0) is 9.53 Å². The normalized spacial score (nSPS) is 12.9. The van der Waals surface area contributed by atoms with Crippen molar-refractivity contribution in [2.75, 3.05) is 7.11 Å². The maximum Gasteiger partial charge on any atom is 0.305 e. The van der Waals surface area contributed by atoms with Crippen molar-refractivity contribution in [3.63, 3.8) is 0 Å². The summed E-state index contributed by atoms with van der Waals surface area (Å²) in [5, 5.41) is 9.83. The molecule has 0 rings (SSSR count). The molecule has 202 valence electrons. The Bertz CT molecular complexity index is 700. The van der Waals surface area contributed by atoms with Crippen LogP contribution in [0.1, 0.15) is 116 Å². The Hall–Kier alpha value is -2.31. The Balaban J connectivity index is 3.51. The van der Waals surface area contributed by atoms with E-state index in [0.717, 1.165) is 44.9 Å². The van der Waals surface area contributed by atoms with Crippen LogP contribution in [0.5, 0.6) is 0 Å². The van der Waals surface area contributed by atoms with E-state index >= 15 is 0 Å². The zero-order valence-electron chi connectivity index (χ0n) is 23.1. The van der Waals surface area contributed by atoms with Crippen molar-refractivity contribution in [2.24, 2.45) is 0 Å². The molecule has 0 amide bonds. The van der Waals surface area contributed by atoms with Crippen LogP contribution >= 0.6 is 0 Å². The van der Waals surface area contributed by atoms with Gasteiger partial charge in [-0.2, -0.15) is 0 Å². The number of unbranched alkanes of at least 4 members (excludes halogenated alkanes) is 11. The van der Waals surface area contributed by atoms with Crippen LogP contribution < -0.4 is 0 Å². The second-order valence-corrected chi connectivity index (χ2v) is 9.09. The highest BCUT2D eigenvalue weighted by Crippen LogP contribution is 2.12. The number of hydrogen-bond acceptors (Lipinski definition) is 3. The number of methoxy groups -OCH3 is 1. The van der Waals surface area contributed by atoms with Crippen LogP contribution in [-0.4, -0.2) is 24.3 Å². The predicted octanol–water partition coefficient (Wildman–Crippen LogP) is 8.96. The van der Waals surface area contributed by atoms with E-state index in [1.807, 2.05) is 18.2 Å². The third kappa shape index (κ3) is 27.9. The van der Waals surface area contributed by atoms with Crippen LogP contribution in [0.25, 0.3) is 0 Å². The fourth-order valence-electron chi connectivity index (χ4n) is 3.62. The van der Waals surface area contributed by atoms with E-state index in [0.29, 0.717) is 6.42 Å². The van der Waals surface area contributed by atoms with Gasteiger partial charge in [-0.15, -0.1) is 0 Å². The van der Waals surface area contributed by atoms with Crippen LogP contribution in [0.2, 0.25) is 0 Å². The van der Waals surface area contributed by atoms with Gasteiger partial charge in [0.1, 0.15) is 6.10 Å². The van der Waals surface area contributed by atoms with Crippen LogP contribution in [0.4, 0.5) is 0 Å². The van der Waals surface area contributed by atoms with E-state index in [4.69, 9.17) is 0 Å². The average molecular weight is 497 g/mol. The van der Waals surface area contributed by atoms with Gasteiger partial charge in [0.25, 0.3) is 0 Å². The number of allylic oxidation sites excluding steroid dienone is 9. The number of carbonyl (C=O) groups is 1. The third-order valence-electron chi connectivity index (χ3n) is 5.76. The van der Waals surface area contributed by atoms with Gasteiger partial charge in [0.2, 0.25) is 0 Å². The van der Waals surface area contributed by atoms with E-state index in [1.165, 1.54) is 64.9 Å². The first-order chi connectivity index (χ1) is 17.7. The summed E-state index contributed by atoms with van der Waals surface area (Å²) in [5.41, 5.74) is 0. The van der Waals surface area contributed by atoms with Crippen molar-refractivity contribution in [1.29, 1.82) is 0 Å². The summed E-state index contributed by atoms with van der Waals surface area (Å²) in [6.45, 7) is 2.13. The van der Waals surface area contributed by atoms with Crippen LogP contribution in [0.3, 0.4) is 0 Å². The largest absolute Gasteiger partial charge is 0.469 e. The minimum absolute atomic E-state index is 0.0848. The summed E-state index contributed by atoms with van der Waals surface area (Å²) in [5.74, 6) is 5.63. The van der Waals surface area contributed by atoms with Gasteiger partial charge in [-0.1, -0.05) is 119 Å². The SMILES string of the molecule is CC/C=C\CC/C=C/C#C[C@@H](O)/C=C\C/C=C\C/C=C\CCCCCCCCCCCCC(=O)OC. The van der Waals surface area contributed by atoms with E-state index < -0.39 is 6.10 Å². The molecule has 0 saturated carbocycles. The lowest BCUT2D eigenvalue weighted by atomic mass is 10.1. The fraction of sp³-hybridized carbons (Fsp3) is 0.606. The van der Waals surface area contributed by atoms with Gasteiger partial charge in [0.05, 0.1) is 7.11 Å². The minimum Gasteiger partial charge on any atom is -0.469 e. The van der Waals surface area contributed by atoms with Gasteiger partial charge < -0.3 is 9.84 Å². The summed E-state index contributed by atoms with van der Waals surface area (Å²) < 4.78 is 4.66. The molecule has 3 heteroatoms. The summed E-state index contributed by atoms with van der Waals surface area (Å²) in [7, 11) is 1.46. The molecule has 0 aromatic carbocycles. The Morgan fingerprint density at radius 3 is 1.94 bits per heavy atom. The lowest BCUT2D eigenvalue weighted by Crippen LogP contribution is -1.99. The van der Waals surface area contributed by atoms with Crippen LogP contribution in [0, 0.1) is 11.8 Å². The van der Waals surface area contributed by atoms with E-state index in [9.17, 15) is 9.90 Å². The van der Waals surface area contributed by atoms with Crippen molar-refractivity contribution in [1.82, 2.24) is 0 Å². The highest BCUT2D eigenvalue weighted by molar-refractivity contribution is 5.68. The maximum atomic E-state index is 11.0. The van der Waals surface area contributed by atoms with Gasteiger partial charge in [-0.3, -0.25) is 4.79 Å². The summed E-state index contributed by atoms with van der Waals surface area (Å²) in [4.78, 5) is 11.0. The van der Waals surface area contributed by atoms with Gasteiger partial charge in [0, 0.05) is 6.42 Å². The number of aliphatic hydroxyl groups is 1. The molecule has 1 N–H and O–H groups in total. The highest BCUT2D eigenvalue weighted by Gasteiger charge is 1.99. The monoisotopic (exact) mass is 496 g/mol. The number of aliphatic hydroxyl groups excluding tert-OH is 1. The predicted molar refractivity (Wildman–Crippen MR) is 156 cm³/mol. The molecule has 0 fully saturated rings. The molecule has 0 aromatic rings. The van der Waals surface area contributed by atoms with Crippen molar-refractivity contribution in [2.45, 2.75) is 122 Å². The van der Waals surface area contributed by atoms with Gasteiger partial charge in [-0.25, -0.2) is 0 Å². The van der Waals surface area contributed by atoms with E-state index in [2.05, 4.69) is 60.0 Å². The second kappa shape index (κ2) is 28.9. The molecule has 0 spiro atoms. The molecule has 3 nitrogen and oxygen atoms in total. The molecular weight excluding hydrogens is 444 g/mol. The smallest absolute Gasteiger partial charge is 0.305 e. The number of carbonyl (C=O) groups excluding carboxylic acids is 1. The minimum atomic E-state index is -0.702. The lowest BCUT2D eigenvalue weighted by Gasteiger charge is -2.02. The molecule has 36 heavy (non-hydrogen) atoms. The molecule has 0 aromatic heterocycles. The van der Waals surface area contributed by atoms with Gasteiger partial charge in [0.15, 0.2) is 0 Å². The zero-order chi connectivity index (χ0) is 26.4. The first-order valence-electron chi connectivity index (χ1n) is 14.2. The number of rotatable bonds is 22. The molecule has 0 aliphatic heterocycles. The molecule has 0 radical (unpaired) electrons. The Labute approximate surface area is 222 Å². The first kappa shape index (κ1) is 33.7. The van der Waals surface area contributed by atoms with Gasteiger partial charge >= 0.3 is 5.97 Å². The van der Waals surface area contributed by atoms with Crippen LogP contribution in [0.15, 0.2) is 60.8 Å².